The number of hydrogen-bond acceptors (Lipinski definition) is 15. The number of unbranched alkanes of at least 4 members (excludes halogenated alkanes) is 2. The SMILES string of the molecule is CC(C)CC(NC(=O)C(CC(C)C)NC(=O)C(NC(=O)C(CCCCN)NC(=O)C(Cc1ccccc1)NC(=O)C(CC(C)C)NC(=O)C(N)C(C)O)C(C)O)C(=O)NC(CCC(=O)O)C(=O)NC(CCCCN)C(=O)O. The molecule has 18 N–H and O–H groups in total. The molecule has 1 aromatic carbocycles. The molecule has 1 aromatic rings. The summed E-state index contributed by atoms with van der Waals surface area (Å²) in [7, 11) is 0. The molecule has 0 bridgehead atoms. The Bertz CT molecular complexity index is 2060. The van der Waals surface area contributed by atoms with E-state index in [-0.39, 0.29) is 69.4 Å². The van der Waals surface area contributed by atoms with Crippen molar-refractivity contribution in [2.45, 2.75) is 199 Å². The number of rotatable bonds is 38. The van der Waals surface area contributed by atoms with E-state index in [1.807, 2.05) is 13.8 Å². The van der Waals surface area contributed by atoms with Crippen LogP contribution in [0.5, 0.6) is 0 Å². The molecular weight excluding hydrogens is 1000 g/mol. The van der Waals surface area contributed by atoms with Crippen LogP contribution >= 0.6 is 0 Å². The lowest BCUT2D eigenvalue weighted by Gasteiger charge is -2.29. The number of carboxylic acids is 2. The first kappa shape index (κ1) is 68.7. The van der Waals surface area contributed by atoms with Crippen molar-refractivity contribution in [3.05, 3.63) is 35.9 Å². The largest absolute Gasteiger partial charge is 0.481 e. The van der Waals surface area contributed by atoms with E-state index in [0.717, 1.165) is 0 Å². The van der Waals surface area contributed by atoms with Gasteiger partial charge in [-0.25, -0.2) is 4.79 Å². The van der Waals surface area contributed by atoms with Gasteiger partial charge in [0.05, 0.1) is 12.2 Å². The van der Waals surface area contributed by atoms with E-state index >= 15 is 0 Å². The van der Waals surface area contributed by atoms with Gasteiger partial charge in [0.15, 0.2) is 0 Å². The lowest BCUT2D eigenvalue weighted by Crippen LogP contribution is -2.62. The maximum Gasteiger partial charge on any atom is 0.326 e. The van der Waals surface area contributed by atoms with E-state index in [0.29, 0.717) is 31.2 Å². The fourth-order valence-electron chi connectivity index (χ4n) is 7.99. The van der Waals surface area contributed by atoms with Crippen molar-refractivity contribution < 1.29 is 68.4 Å². The highest BCUT2D eigenvalue weighted by atomic mass is 16.4. The Hall–Kier alpha value is -6.28. The Kier molecular flexibility index (Phi) is 32.1. The number of nitrogens with two attached hydrogens (primary N) is 3. The standard InChI is InChI=1S/C52H89N11O14/c1-28(2)24-37(46(70)57-35(20-21-41(66)67)44(68)58-36(52(76)77)19-13-15-23-54)59-48(72)39(26-30(5)6)62-51(75)43(32(8)65)63-45(69)34(18-12-14-22-53)56-49(73)40(27-33-16-10-9-11-17-33)60-47(71)38(25-29(3)4)61-50(74)42(55)31(7)64/h9-11,16-17,28-32,34-40,42-43,64-65H,12-15,18-27,53-55H2,1-8H3,(H,56,73)(H,57,70)(H,58,68)(H,59,72)(H,60,71)(H,61,74)(H,62,75)(H,63,69)(H,66,67)(H,76,77). The third-order valence-electron chi connectivity index (χ3n) is 12.2. The lowest BCUT2D eigenvalue weighted by molar-refractivity contribution is -0.143. The van der Waals surface area contributed by atoms with Gasteiger partial charge in [0, 0.05) is 12.8 Å². The van der Waals surface area contributed by atoms with Crippen LogP contribution in [-0.4, -0.2) is 159 Å². The Morgan fingerprint density at radius 1 is 0.442 bits per heavy atom. The van der Waals surface area contributed by atoms with Gasteiger partial charge < -0.3 is 80.2 Å². The summed E-state index contributed by atoms with van der Waals surface area (Å²) in [5.41, 5.74) is 17.8. The Balaban J connectivity index is 3.53. The molecule has 0 fully saturated rings. The molecule has 0 aliphatic carbocycles. The van der Waals surface area contributed by atoms with Crippen LogP contribution in [-0.2, 0) is 54.4 Å². The first-order chi connectivity index (χ1) is 36.1. The number of aliphatic hydroxyl groups excluding tert-OH is 2. The van der Waals surface area contributed by atoms with Crippen molar-refractivity contribution in [3.8, 4) is 0 Å². The second-order valence-corrected chi connectivity index (χ2v) is 20.8. The zero-order valence-corrected chi connectivity index (χ0v) is 46.0. The molecule has 0 spiro atoms. The van der Waals surface area contributed by atoms with E-state index in [9.17, 15) is 68.4 Å². The lowest BCUT2D eigenvalue weighted by atomic mass is 9.99. The Labute approximate surface area is 451 Å². The molecule has 0 aromatic heterocycles. The summed E-state index contributed by atoms with van der Waals surface area (Å²) < 4.78 is 0. The van der Waals surface area contributed by atoms with Crippen molar-refractivity contribution in [2.75, 3.05) is 13.1 Å². The summed E-state index contributed by atoms with van der Waals surface area (Å²) >= 11 is 0. The maximum atomic E-state index is 14.3. The molecule has 8 amide bonds. The summed E-state index contributed by atoms with van der Waals surface area (Å²) in [5.74, 6) is -10.3. The van der Waals surface area contributed by atoms with E-state index in [1.54, 1.807) is 58.0 Å². The van der Waals surface area contributed by atoms with Gasteiger partial charge in [-0.1, -0.05) is 71.9 Å². The molecular formula is C52H89N11O14. The molecule has 0 aliphatic rings. The predicted octanol–water partition coefficient (Wildman–Crippen LogP) is -1.46. The van der Waals surface area contributed by atoms with Crippen LogP contribution in [0.15, 0.2) is 30.3 Å². The first-order valence-electron chi connectivity index (χ1n) is 26.5. The van der Waals surface area contributed by atoms with Crippen LogP contribution in [0.25, 0.3) is 0 Å². The van der Waals surface area contributed by atoms with Crippen LogP contribution in [0.3, 0.4) is 0 Å². The fraction of sp³-hybridized carbons (Fsp3) is 0.692. The van der Waals surface area contributed by atoms with Crippen LogP contribution in [0, 0.1) is 17.8 Å². The number of carbonyl (C=O) groups is 10. The van der Waals surface area contributed by atoms with Gasteiger partial charge in [-0.15, -0.1) is 0 Å². The third-order valence-corrected chi connectivity index (χ3v) is 12.2. The number of aliphatic carboxylic acids is 2. The van der Waals surface area contributed by atoms with Crippen LogP contribution < -0.4 is 59.7 Å². The summed E-state index contributed by atoms with van der Waals surface area (Å²) in [6, 6.07) is -3.91. The average molecular weight is 1090 g/mol. The van der Waals surface area contributed by atoms with Crippen molar-refractivity contribution in [3.63, 3.8) is 0 Å². The fourth-order valence-corrected chi connectivity index (χ4v) is 7.99. The van der Waals surface area contributed by atoms with Gasteiger partial charge in [0.1, 0.15) is 54.4 Å². The maximum absolute atomic E-state index is 14.3. The average Bonchev–Trinajstić information content (AvgIpc) is 3.34. The van der Waals surface area contributed by atoms with Gasteiger partial charge in [-0.05, 0) is 114 Å². The summed E-state index contributed by atoms with van der Waals surface area (Å²) in [6.07, 6.45) is -2.18. The predicted molar refractivity (Wildman–Crippen MR) is 286 cm³/mol. The highest BCUT2D eigenvalue weighted by Crippen LogP contribution is 2.14. The molecule has 11 atom stereocenters. The molecule has 25 heteroatoms. The Morgan fingerprint density at radius 3 is 1.22 bits per heavy atom. The number of carbonyl (C=O) groups excluding carboxylic acids is 8. The summed E-state index contributed by atoms with van der Waals surface area (Å²) in [6.45, 7) is 13.7. The quantitative estimate of drug-likeness (QED) is 0.0337. The van der Waals surface area contributed by atoms with Crippen LogP contribution in [0.1, 0.15) is 132 Å². The summed E-state index contributed by atoms with van der Waals surface area (Å²) in [5, 5.41) is 60.5. The van der Waals surface area contributed by atoms with E-state index in [2.05, 4.69) is 42.5 Å². The summed E-state index contributed by atoms with van der Waals surface area (Å²) in [4.78, 5) is 134. The van der Waals surface area contributed by atoms with E-state index in [4.69, 9.17) is 17.2 Å². The first-order valence-corrected chi connectivity index (χ1v) is 26.5. The molecule has 77 heavy (non-hydrogen) atoms. The minimum atomic E-state index is -1.72. The second-order valence-electron chi connectivity index (χ2n) is 20.8. The van der Waals surface area contributed by atoms with Gasteiger partial charge in [-0.3, -0.25) is 43.2 Å². The minimum absolute atomic E-state index is 0.00268. The van der Waals surface area contributed by atoms with Crippen molar-refractivity contribution >= 4 is 59.2 Å². The van der Waals surface area contributed by atoms with Crippen molar-refractivity contribution in [1.82, 2.24) is 42.5 Å². The molecule has 436 valence electrons. The van der Waals surface area contributed by atoms with Crippen molar-refractivity contribution in [2.24, 2.45) is 35.0 Å². The van der Waals surface area contributed by atoms with Gasteiger partial charge in [0.2, 0.25) is 47.3 Å². The van der Waals surface area contributed by atoms with Gasteiger partial charge >= 0.3 is 11.9 Å². The smallest absolute Gasteiger partial charge is 0.326 e. The highest BCUT2D eigenvalue weighted by Gasteiger charge is 2.37. The number of nitrogens with one attached hydrogen (secondary N) is 8. The van der Waals surface area contributed by atoms with Crippen LogP contribution in [0.4, 0.5) is 0 Å². The molecule has 0 saturated carbocycles. The van der Waals surface area contributed by atoms with Gasteiger partial charge in [0.25, 0.3) is 0 Å². The molecule has 0 heterocycles. The third kappa shape index (κ3) is 27.1. The number of aliphatic hydroxyl groups is 2. The number of hydrogen-bond donors (Lipinski definition) is 15. The molecule has 11 unspecified atom stereocenters. The Morgan fingerprint density at radius 2 is 0.805 bits per heavy atom. The second kappa shape index (κ2) is 35.9. The number of carboxylic acid groups (broad SMARTS) is 2. The molecule has 0 radical (unpaired) electrons. The minimum Gasteiger partial charge on any atom is -0.481 e. The molecule has 0 aliphatic heterocycles. The number of amides is 8. The zero-order chi connectivity index (χ0) is 58.5. The van der Waals surface area contributed by atoms with Gasteiger partial charge in [-0.2, -0.15) is 0 Å². The molecule has 1 rings (SSSR count). The van der Waals surface area contributed by atoms with E-state index in [1.165, 1.54) is 13.8 Å². The molecule has 0 saturated heterocycles. The monoisotopic (exact) mass is 1090 g/mol. The highest BCUT2D eigenvalue weighted by molar-refractivity contribution is 5.98. The normalized spacial score (nSPS) is 15.7. The van der Waals surface area contributed by atoms with Crippen molar-refractivity contribution in [1.29, 1.82) is 0 Å². The molecule has 25 nitrogen and oxygen atoms in total. The number of benzene rings is 1. The zero-order valence-electron chi connectivity index (χ0n) is 46.0. The van der Waals surface area contributed by atoms with Crippen LogP contribution in [0.2, 0.25) is 0 Å². The van der Waals surface area contributed by atoms with E-state index < -0.39 is 139 Å². The topological polar surface area (TPSA) is 426 Å².